The number of hydrogen-bond acceptors (Lipinski definition) is 4. The molecule has 0 saturated heterocycles. The van der Waals surface area contributed by atoms with Crippen molar-refractivity contribution in [2.24, 2.45) is 0 Å². The fourth-order valence-corrected chi connectivity index (χ4v) is 2.43. The van der Waals surface area contributed by atoms with Crippen LogP contribution in [-0.2, 0) is 4.79 Å². The molecule has 0 radical (unpaired) electrons. The van der Waals surface area contributed by atoms with Crippen molar-refractivity contribution in [3.8, 4) is 0 Å². The van der Waals surface area contributed by atoms with Crippen molar-refractivity contribution < 1.29 is 4.79 Å². The molecule has 0 saturated carbocycles. The zero-order valence-corrected chi connectivity index (χ0v) is 12.7. The predicted octanol–water partition coefficient (Wildman–Crippen LogP) is 3.28. The summed E-state index contributed by atoms with van der Waals surface area (Å²) in [5.41, 5.74) is 1.65. The first-order valence-corrected chi connectivity index (χ1v) is 7.40. The van der Waals surface area contributed by atoms with Crippen LogP contribution in [0.25, 0.3) is 0 Å². The number of thioether (sulfide) groups is 1. The molecule has 0 unspecified atom stereocenters. The van der Waals surface area contributed by atoms with Gasteiger partial charge in [0.2, 0.25) is 5.91 Å². The average molecular weight is 338 g/mol. The number of aryl methyl sites for hydroxylation is 1. The minimum Gasteiger partial charge on any atom is -0.324 e. The maximum atomic E-state index is 11.8. The highest BCUT2D eigenvalue weighted by molar-refractivity contribution is 9.10. The summed E-state index contributed by atoms with van der Waals surface area (Å²) < 4.78 is 0.861. The number of nitrogens with zero attached hydrogens (tertiary/aromatic N) is 2. The van der Waals surface area contributed by atoms with Crippen LogP contribution < -0.4 is 5.32 Å². The zero-order chi connectivity index (χ0) is 13.7. The van der Waals surface area contributed by atoms with Gasteiger partial charge < -0.3 is 5.32 Å². The number of para-hydroxylation sites is 1. The maximum absolute atomic E-state index is 11.8. The SMILES string of the molecule is Cc1ccnc(SCC(=O)Nc2ccccc2Br)n1. The standard InChI is InChI=1S/C13H12BrN3OS/c1-9-6-7-15-13(16-9)19-8-12(18)17-11-5-3-2-4-10(11)14/h2-7H,8H2,1H3,(H,17,18). The summed E-state index contributed by atoms with van der Waals surface area (Å²) in [4.78, 5) is 20.1. The van der Waals surface area contributed by atoms with Gasteiger partial charge in [0, 0.05) is 16.4 Å². The second-order valence-corrected chi connectivity index (χ2v) is 5.59. The molecule has 0 bridgehead atoms. The second-order valence-electron chi connectivity index (χ2n) is 3.80. The van der Waals surface area contributed by atoms with Crippen molar-refractivity contribution in [3.63, 3.8) is 0 Å². The lowest BCUT2D eigenvalue weighted by Crippen LogP contribution is -2.14. The van der Waals surface area contributed by atoms with Gasteiger partial charge >= 0.3 is 0 Å². The van der Waals surface area contributed by atoms with Gasteiger partial charge in [-0.25, -0.2) is 9.97 Å². The topological polar surface area (TPSA) is 54.9 Å². The molecule has 0 aliphatic heterocycles. The summed E-state index contributed by atoms with van der Waals surface area (Å²) in [6.45, 7) is 1.90. The average Bonchev–Trinajstić information content (AvgIpc) is 2.39. The number of halogens is 1. The number of nitrogens with one attached hydrogen (secondary N) is 1. The van der Waals surface area contributed by atoms with E-state index in [2.05, 4.69) is 31.2 Å². The van der Waals surface area contributed by atoms with Crippen LogP contribution in [0, 0.1) is 6.92 Å². The molecule has 1 N–H and O–H groups in total. The largest absolute Gasteiger partial charge is 0.324 e. The Kier molecular flexibility index (Phi) is 4.93. The first-order valence-electron chi connectivity index (χ1n) is 5.62. The Labute approximate surface area is 124 Å². The number of carbonyl (C=O) groups is 1. The van der Waals surface area contributed by atoms with Crippen LogP contribution in [0.15, 0.2) is 46.2 Å². The Bertz CT molecular complexity index is 592. The number of anilines is 1. The third kappa shape index (κ3) is 4.33. The molecule has 0 spiro atoms. The van der Waals surface area contributed by atoms with E-state index in [1.165, 1.54) is 11.8 Å². The molecule has 6 heteroatoms. The zero-order valence-electron chi connectivity index (χ0n) is 10.3. The van der Waals surface area contributed by atoms with Crippen LogP contribution in [0.4, 0.5) is 5.69 Å². The van der Waals surface area contributed by atoms with Gasteiger partial charge in [0.05, 0.1) is 11.4 Å². The third-order valence-electron chi connectivity index (χ3n) is 2.25. The molecule has 0 aliphatic carbocycles. The van der Waals surface area contributed by atoms with Crippen molar-refractivity contribution in [3.05, 3.63) is 46.7 Å². The van der Waals surface area contributed by atoms with Gasteiger partial charge in [0.15, 0.2) is 5.16 Å². The van der Waals surface area contributed by atoms with Crippen LogP contribution in [0.5, 0.6) is 0 Å². The molecule has 0 fully saturated rings. The molecule has 1 aromatic heterocycles. The molecule has 0 atom stereocenters. The van der Waals surface area contributed by atoms with Crippen LogP contribution in [0.1, 0.15) is 5.69 Å². The van der Waals surface area contributed by atoms with Gasteiger partial charge in [0.25, 0.3) is 0 Å². The third-order valence-corrected chi connectivity index (χ3v) is 3.81. The Hall–Kier alpha value is -1.40. The smallest absolute Gasteiger partial charge is 0.234 e. The Balaban J connectivity index is 1.90. The van der Waals surface area contributed by atoms with Crippen LogP contribution in [0.2, 0.25) is 0 Å². The van der Waals surface area contributed by atoms with Crippen LogP contribution in [-0.4, -0.2) is 21.6 Å². The fraction of sp³-hybridized carbons (Fsp3) is 0.154. The lowest BCUT2D eigenvalue weighted by atomic mass is 10.3. The van der Waals surface area contributed by atoms with E-state index in [1.54, 1.807) is 6.20 Å². The number of amides is 1. The van der Waals surface area contributed by atoms with E-state index in [4.69, 9.17) is 0 Å². The molecule has 2 aromatic rings. The molecule has 19 heavy (non-hydrogen) atoms. The van der Waals surface area contributed by atoms with Crippen LogP contribution in [0.3, 0.4) is 0 Å². The van der Waals surface area contributed by atoms with Crippen molar-refractivity contribution in [2.45, 2.75) is 12.1 Å². The van der Waals surface area contributed by atoms with Gasteiger partial charge in [-0.3, -0.25) is 4.79 Å². The molecule has 1 aromatic carbocycles. The second kappa shape index (κ2) is 6.68. The molecule has 1 heterocycles. The van der Waals surface area contributed by atoms with E-state index in [0.29, 0.717) is 5.16 Å². The summed E-state index contributed by atoms with van der Waals surface area (Å²) in [5.74, 6) is 0.201. The van der Waals surface area contributed by atoms with E-state index >= 15 is 0 Å². The van der Waals surface area contributed by atoms with Gasteiger partial charge in [-0.15, -0.1) is 0 Å². The summed E-state index contributed by atoms with van der Waals surface area (Å²) >= 11 is 4.70. The molecule has 1 amide bonds. The monoisotopic (exact) mass is 337 g/mol. The first kappa shape index (κ1) is 14.0. The minimum absolute atomic E-state index is 0.0815. The van der Waals surface area contributed by atoms with Gasteiger partial charge in [-0.2, -0.15) is 0 Å². The highest BCUT2D eigenvalue weighted by Gasteiger charge is 2.07. The molecule has 98 valence electrons. The Morgan fingerprint density at radius 1 is 1.37 bits per heavy atom. The predicted molar refractivity (Wildman–Crippen MR) is 80.3 cm³/mol. The van der Waals surface area contributed by atoms with E-state index < -0.39 is 0 Å². The minimum atomic E-state index is -0.0815. The van der Waals surface area contributed by atoms with E-state index in [1.807, 2.05) is 37.3 Å². The highest BCUT2D eigenvalue weighted by atomic mass is 79.9. The summed E-state index contributed by atoms with van der Waals surface area (Å²) in [7, 11) is 0. The van der Waals surface area contributed by atoms with Gasteiger partial charge in [-0.1, -0.05) is 23.9 Å². The quantitative estimate of drug-likeness (QED) is 0.687. The Morgan fingerprint density at radius 3 is 2.89 bits per heavy atom. The molecular weight excluding hydrogens is 326 g/mol. The molecule has 4 nitrogen and oxygen atoms in total. The molecular formula is C13H12BrN3OS. The summed E-state index contributed by atoms with van der Waals surface area (Å²) in [6, 6.07) is 9.32. The lowest BCUT2D eigenvalue weighted by Gasteiger charge is -2.06. The van der Waals surface area contributed by atoms with E-state index in [9.17, 15) is 4.79 Å². The lowest BCUT2D eigenvalue weighted by molar-refractivity contribution is -0.113. The maximum Gasteiger partial charge on any atom is 0.234 e. The van der Waals surface area contributed by atoms with Crippen LogP contribution >= 0.6 is 27.7 Å². The highest BCUT2D eigenvalue weighted by Crippen LogP contribution is 2.21. The molecule has 2 rings (SSSR count). The number of carbonyl (C=O) groups excluding carboxylic acids is 1. The number of aromatic nitrogens is 2. The normalized spacial score (nSPS) is 10.2. The summed E-state index contributed by atoms with van der Waals surface area (Å²) in [5, 5.41) is 3.45. The fourth-order valence-electron chi connectivity index (χ4n) is 1.37. The Morgan fingerprint density at radius 2 is 2.16 bits per heavy atom. The first-order chi connectivity index (χ1) is 9.15. The summed E-state index contributed by atoms with van der Waals surface area (Å²) in [6.07, 6.45) is 1.69. The number of benzene rings is 1. The van der Waals surface area contributed by atoms with Crippen molar-refractivity contribution >= 4 is 39.3 Å². The van der Waals surface area contributed by atoms with Gasteiger partial charge in [-0.05, 0) is 41.1 Å². The van der Waals surface area contributed by atoms with Crippen molar-refractivity contribution in [1.82, 2.24) is 9.97 Å². The van der Waals surface area contributed by atoms with Gasteiger partial charge in [0.1, 0.15) is 0 Å². The number of hydrogen-bond donors (Lipinski definition) is 1. The van der Waals surface area contributed by atoms with E-state index in [-0.39, 0.29) is 11.7 Å². The van der Waals surface area contributed by atoms with Crippen molar-refractivity contribution in [1.29, 1.82) is 0 Å². The van der Waals surface area contributed by atoms with E-state index in [0.717, 1.165) is 15.9 Å². The molecule has 0 aliphatic rings. The van der Waals surface area contributed by atoms with Crippen molar-refractivity contribution in [2.75, 3.05) is 11.1 Å². The number of rotatable bonds is 4.